The van der Waals surface area contributed by atoms with Crippen LogP contribution in [0.15, 0.2) is 19.6 Å². The summed E-state index contributed by atoms with van der Waals surface area (Å²) >= 11 is 6.73. The minimum atomic E-state index is 0.0676. The fraction of sp³-hybridized carbons (Fsp3) is 0.636. The van der Waals surface area contributed by atoms with Crippen LogP contribution in [0.4, 0.5) is 0 Å². The van der Waals surface area contributed by atoms with E-state index in [-0.39, 0.29) is 6.04 Å². The van der Waals surface area contributed by atoms with E-state index < -0.39 is 0 Å². The van der Waals surface area contributed by atoms with Crippen LogP contribution in [0.3, 0.4) is 0 Å². The molecule has 98 valence electrons. The molecule has 1 heterocycles. The second-order valence-electron chi connectivity index (χ2n) is 3.70. The molecule has 0 saturated carbocycles. The Morgan fingerprint density at radius 3 is 2.71 bits per heavy atom. The summed E-state index contributed by atoms with van der Waals surface area (Å²) in [4.78, 5) is 2.13. The number of rotatable bonds is 7. The Balaban J connectivity index is 2.63. The van der Waals surface area contributed by atoms with E-state index in [4.69, 9.17) is 14.9 Å². The Morgan fingerprint density at radius 1 is 1.53 bits per heavy atom. The maximum atomic E-state index is 5.80. The summed E-state index contributed by atoms with van der Waals surface area (Å²) in [6.07, 6.45) is 0. The Labute approximate surface area is 119 Å². The lowest BCUT2D eigenvalue weighted by Gasteiger charge is -2.24. The summed E-state index contributed by atoms with van der Waals surface area (Å²) in [7, 11) is 2.01. The van der Waals surface area contributed by atoms with Crippen LogP contribution < -0.4 is 5.73 Å². The molecule has 1 rings (SSSR count). The molecule has 0 spiro atoms. The Morgan fingerprint density at radius 2 is 2.24 bits per heavy atom. The highest BCUT2D eigenvalue weighted by Gasteiger charge is 2.20. The van der Waals surface area contributed by atoms with Crippen molar-refractivity contribution in [3.8, 4) is 0 Å². The monoisotopic (exact) mass is 368 g/mol. The molecule has 0 amide bonds. The number of likely N-dealkylation sites (N-methyl/N-ethyl adjacent to an activating group) is 1. The number of halogens is 2. The largest absolute Gasteiger partial charge is 0.451 e. The van der Waals surface area contributed by atoms with Crippen molar-refractivity contribution < 1.29 is 9.15 Å². The van der Waals surface area contributed by atoms with Crippen LogP contribution >= 0.6 is 31.9 Å². The maximum Gasteiger partial charge on any atom is 0.183 e. The van der Waals surface area contributed by atoms with Gasteiger partial charge in [-0.15, -0.1) is 0 Å². The average Bonchev–Trinajstić information content (AvgIpc) is 2.60. The van der Waals surface area contributed by atoms with Gasteiger partial charge in [-0.1, -0.05) is 0 Å². The molecule has 1 aromatic rings. The first-order valence-electron chi connectivity index (χ1n) is 5.52. The van der Waals surface area contributed by atoms with Crippen molar-refractivity contribution in [3.05, 3.63) is 21.0 Å². The predicted octanol–water partition coefficient (Wildman–Crippen LogP) is 2.77. The van der Waals surface area contributed by atoms with Gasteiger partial charge < -0.3 is 14.9 Å². The Bertz CT molecular complexity index is 325. The first-order valence-corrected chi connectivity index (χ1v) is 7.11. The van der Waals surface area contributed by atoms with Crippen molar-refractivity contribution in [3.63, 3.8) is 0 Å². The molecule has 0 aliphatic carbocycles. The quantitative estimate of drug-likeness (QED) is 0.751. The van der Waals surface area contributed by atoms with Crippen LogP contribution in [0.2, 0.25) is 0 Å². The normalized spacial score (nSPS) is 13.3. The van der Waals surface area contributed by atoms with Crippen molar-refractivity contribution in [2.45, 2.75) is 13.0 Å². The second kappa shape index (κ2) is 7.53. The highest BCUT2D eigenvalue weighted by molar-refractivity contribution is 9.13. The summed E-state index contributed by atoms with van der Waals surface area (Å²) < 4.78 is 12.5. The van der Waals surface area contributed by atoms with Gasteiger partial charge in [0.15, 0.2) is 4.67 Å². The summed E-state index contributed by atoms with van der Waals surface area (Å²) in [5.41, 5.74) is 5.80. The van der Waals surface area contributed by atoms with Crippen LogP contribution in [0.25, 0.3) is 0 Å². The smallest absolute Gasteiger partial charge is 0.183 e. The third-order valence-corrected chi connectivity index (χ3v) is 4.25. The molecule has 1 aromatic heterocycles. The van der Waals surface area contributed by atoms with Gasteiger partial charge in [-0.25, -0.2) is 0 Å². The number of hydrogen-bond donors (Lipinski definition) is 1. The summed E-state index contributed by atoms with van der Waals surface area (Å²) in [5.74, 6) is 0.852. The first-order chi connectivity index (χ1) is 8.10. The molecule has 0 radical (unpaired) electrons. The van der Waals surface area contributed by atoms with Gasteiger partial charge in [0, 0.05) is 19.7 Å². The van der Waals surface area contributed by atoms with Gasteiger partial charge in [-0.05, 0) is 51.9 Å². The van der Waals surface area contributed by atoms with E-state index in [1.807, 2.05) is 20.0 Å². The van der Waals surface area contributed by atoms with Crippen LogP contribution in [-0.2, 0) is 4.74 Å². The lowest BCUT2D eigenvalue weighted by molar-refractivity contribution is 0.103. The fourth-order valence-corrected chi connectivity index (χ4v) is 2.16. The zero-order valence-electron chi connectivity index (χ0n) is 10.1. The molecule has 6 heteroatoms. The summed E-state index contributed by atoms with van der Waals surface area (Å²) in [6.45, 7) is 4.76. The van der Waals surface area contributed by atoms with Gasteiger partial charge in [0.1, 0.15) is 5.76 Å². The highest BCUT2D eigenvalue weighted by Crippen LogP contribution is 2.31. The Hall–Kier alpha value is 0.120. The zero-order valence-corrected chi connectivity index (χ0v) is 13.3. The molecule has 1 atom stereocenters. The van der Waals surface area contributed by atoms with E-state index in [0.29, 0.717) is 17.8 Å². The second-order valence-corrected chi connectivity index (χ2v) is 5.27. The van der Waals surface area contributed by atoms with Gasteiger partial charge in [0.05, 0.1) is 17.1 Å². The van der Waals surface area contributed by atoms with E-state index >= 15 is 0 Å². The van der Waals surface area contributed by atoms with Gasteiger partial charge in [-0.2, -0.15) is 0 Å². The van der Waals surface area contributed by atoms with Gasteiger partial charge >= 0.3 is 0 Å². The fourth-order valence-electron chi connectivity index (χ4n) is 1.55. The first kappa shape index (κ1) is 15.2. The highest BCUT2D eigenvalue weighted by atomic mass is 79.9. The lowest BCUT2D eigenvalue weighted by Crippen LogP contribution is -2.32. The lowest BCUT2D eigenvalue weighted by atomic mass is 10.2. The molecule has 17 heavy (non-hydrogen) atoms. The van der Waals surface area contributed by atoms with Crippen molar-refractivity contribution in [1.82, 2.24) is 4.90 Å². The molecule has 0 saturated heterocycles. The zero-order chi connectivity index (χ0) is 12.8. The van der Waals surface area contributed by atoms with E-state index in [2.05, 4.69) is 36.8 Å². The molecule has 0 aromatic carbocycles. The molecule has 0 bridgehead atoms. The molecular formula is C11H18Br2N2O2. The van der Waals surface area contributed by atoms with Crippen molar-refractivity contribution in [1.29, 1.82) is 0 Å². The van der Waals surface area contributed by atoms with E-state index in [1.54, 1.807) is 0 Å². The summed E-state index contributed by atoms with van der Waals surface area (Å²) in [5, 5.41) is 0. The summed E-state index contributed by atoms with van der Waals surface area (Å²) in [6, 6.07) is 2.01. The topological polar surface area (TPSA) is 51.6 Å². The van der Waals surface area contributed by atoms with Crippen LogP contribution in [-0.4, -0.2) is 38.3 Å². The number of nitrogens with zero attached hydrogens (tertiary/aromatic N) is 1. The van der Waals surface area contributed by atoms with Crippen molar-refractivity contribution in [2.75, 3.05) is 33.4 Å². The molecule has 0 fully saturated rings. The maximum absolute atomic E-state index is 5.80. The van der Waals surface area contributed by atoms with E-state index in [0.717, 1.165) is 23.4 Å². The molecule has 4 nitrogen and oxygen atoms in total. The van der Waals surface area contributed by atoms with Crippen LogP contribution in [0.1, 0.15) is 18.7 Å². The number of hydrogen-bond acceptors (Lipinski definition) is 4. The predicted molar refractivity (Wildman–Crippen MR) is 75.0 cm³/mol. The average molecular weight is 370 g/mol. The minimum absolute atomic E-state index is 0.0676. The molecule has 0 aliphatic rings. The van der Waals surface area contributed by atoms with Gasteiger partial charge in [0.2, 0.25) is 0 Å². The van der Waals surface area contributed by atoms with E-state index in [1.165, 1.54) is 0 Å². The van der Waals surface area contributed by atoms with Crippen LogP contribution in [0.5, 0.6) is 0 Å². The number of furan rings is 1. The SMILES string of the molecule is CCOCCN(C)C(CN)c1cc(Br)c(Br)o1. The third kappa shape index (κ3) is 4.37. The standard InChI is InChI=1S/C11H18Br2N2O2/c1-3-16-5-4-15(2)9(7-14)10-6-8(12)11(13)17-10/h6,9H,3-5,7,14H2,1-2H3. The number of nitrogens with two attached hydrogens (primary N) is 1. The van der Waals surface area contributed by atoms with E-state index in [9.17, 15) is 0 Å². The Kier molecular flexibility index (Phi) is 6.72. The van der Waals surface area contributed by atoms with Crippen molar-refractivity contribution >= 4 is 31.9 Å². The minimum Gasteiger partial charge on any atom is -0.451 e. The van der Waals surface area contributed by atoms with Gasteiger partial charge in [-0.3, -0.25) is 4.90 Å². The molecule has 2 N–H and O–H groups in total. The van der Waals surface area contributed by atoms with Crippen molar-refractivity contribution in [2.24, 2.45) is 5.73 Å². The third-order valence-electron chi connectivity index (χ3n) is 2.54. The van der Waals surface area contributed by atoms with Crippen LogP contribution in [0, 0.1) is 0 Å². The molecule has 0 aliphatic heterocycles. The molecular weight excluding hydrogens is 352 g/mol. The van der Waals surface area contributed by atoms with Gasteiger partial charge in [0.25, 0.3) is 0 Å². The number of ether oxygens (including phenoxy) is 1. The molecule has 1 unspecified atom stereocenters.